The summed E-state index contributed by atoms with van der Waals surface area (Å²) < 4.78 is 19.0. The molecule has 3 rings (SSSR count). The van der Waals surface area contributed by atoms with Crippen LogP contribution < -0.4 is 10.1 Å². The van der Waals surface area contributed by atoms with Gasteiger partial charge in [-0.3, -0.25) is 14.7 Å². The van der Waals surface area contributed by atoms with Crippen LogP contribution >= 0.6 is 0 Å². The molecule has 172 valence electrons. The summed E-state index contributed by atoms with van der Waals surface area (Å²) in [5.41, 5.74) is 0.624. The van der Waals surface area contributed by atoms with Crippen molar-refractivity contribution in [2.45, 2.75) is 32.2 Å². The van der Waals surface area contributed by atoms with Crippen LogP contribution in [-0.4, -0.2) is 87.5 Å². The van der Waals surface area contributed by atoms with Crippen LogP contribution in [0.2, 0.25) is 0 Å². The van der Waals surface area contributed by atoms with Crippen LogP contribution in [0.25, 0.3) is 0 Å². The van der Waals surface area contributed by atoms with E-state index in [1.54, 1.807) is 24.1 Å². The smallest absolute Gasteiger partial charge is 0.230 e. The van der Waals surface area contributed by atoms with Crippen molar-refractivity contribution in [2.24, 2.45) is 10.4 Å². The molecule has 0 atom stereocenters. The van der Waals surface area contributed by atoms with Gasteiger partial charge in [0.25, 0.3) is 0 Å². The number of carbonyl (C=O) groups excluding carboxylic acids is 1. The van der Waals surface area contributed by atoms with Crippen LogP contribution in [0.15, 0.2) is 23.2 Å². The first-order valence-corrected chi connectivity index (χ1v) is 11.1. The van der Waals surface area contributed by atoms with Crippen LogP contribution in [0.3, 0.4) is 0 Å². The molecule has 0 bridgehead atoms. The van der Waals surface area contributed by atoms with Gasteiger partial charge in [-0.15, -0.1) is 0 Å². The third kappa shape index (κ3) is 5.47. The van der Waals surface area contributed by atoms with Gasteiger partial charge in [0.1, 0.15) is 0 Å². The molecular formula is C23H36FN5O2. The Bertz CT molecular complexity index is 784. The van der Waals surface area contributed by atoms with Gasteiger partial charge in [0, 0.05) is 60.4 Å². The van der Waals surface area contributed by atoms with Gasteiger partial charge in [0.15, 0.2) is 17.5 Å². The second-order valence-corrected chi connectivity index (χ2v) is 8.82. The van der Waals surface area contributed by atoms with Crippen molar-refractivity contribution in [3.63, 3.8) is 0 Å². The maximum atomic E-state index is 14.0. The molecule has 1 saturated heterocycles. The van der Waals surface area contributed by atoms with E-state index in [9.17, 15) is 9.18 Å². The van der Waals surface area contributed by atoms with Crippen LogP contribution in [0, 0.1) is 11.2 Å². The van der Waals surface area contributed by atoms with E-state index < -0.39 is 0 Å². The number of hydrogen-bond donors (Lipinski definition) is 1. The zero-order valence-corrected chi connectivity index (χ0v) is 19.3. The maximum Gasteiger partial charge on any atom is 0.230 e. The van der Waals surface area contributed by atoms with Gasteiger partial charge in [-0.2, -0.15) is 0 Å². The van der Waals surface area contributed by atoms with Crippen molar-refractivity contribution in [1.82, 2.24) is 20.0 Å². The standard InChI is InChI=1S/C23H36FN5O2/c1-25-22(26-17-23(9-5-6-10-23)21(30)27(2)3)29-13-11-28(12-14-29)16-18-7-8-20(31-4)19(24)15-18/h7-8,15H,5-6,9-14,16-17H2,1-4H3,(H,25,26). The molecule has 0 aromatic heterocycles. The molecule has 0 spiro atoms. The predicted octanol–water partition coefficient (Wildman–Crippen LogP) is 2.18. The summed E-state index contributed by atoms with van der Waals surface area (Å²) in [7, 11) is 6.95. The molecule has 1 amide bonds. The maximum absolute atomic E-state index is 14.0. The van der Waals surface area contributed by atoms with Gasteiger partial charge >= 0.3 is 0 Å². The summed E-state index contributed by atoms with van der Waals surface area (Å²) >= 11 is 0. The number of piperazine rings is 1. The molecule has 8 heteroatoms. The van der Waals surface area contributed by atoms with E-state index in [0.717, 1.165) is 63.4 Å². The van der Waals surface area contributed by atoms with Crippen molar-refractivity contribution < 1.29 is 13.9 Å². The monoisotopic (exact) mass is 433 g/mol. The molecule has 1 aliphatic carbocycles. The molecule has 2 aliphatic rings. The molecule has 1 aromatic carbocycles. The van der Waals surface area contributed by atoms with Crippen molar-refractivity contribution in [2.75, 3.05) is 61.0 Å². The highest BCUT2D eigenvalue weighted by Gasteiger charge is 2.42. The predicted molar refractivity (Wildman–Crippen MR) is 121 cm³/mol. The van der Waals surface area contributed by atoms with Crippen LogP contribution in [0.5, 0.6) is 5.75 Å². The third-order valence-corrected chi connectivity index (χ3v) is 6.51. The van der Waals surface area contributed by atoms with Crippen molar-refractivity contribution in [3.8, 4) is 5.75 Å². The number of rotatable bonds is 6. The average molecular weight is 434 g/mol. The molecule has 31 heavy (non-hydrogen) atoms. The molecule has 2 fully saturated rings. The van der Waals surface area contributed by atoms with Crippen molar-refractivity contribution in [3.05, 3.63) is 29.6 Å². The van der Waals surface area contributed by atoms with E-state index in [1.807, 2.05) is 20.2 Å². The molecule has 0 radical (unpaired) electrons. The van der Waals surface area contributed by atoms with Crippen LogP contribution in [0.1, 0.15) is 31.2 Å². The highest BCUT2D eigenvalue weighted by atomic mass is 19.1. The minimum Gasteiger partial charge on any atom is -0.494 e. The van der Waals surface area contributed by atoms with E-state index in [0.29, 0.717) is 13.1 Å². The Labute approximate surface area is 185 Å². The van der Waals surface area contributed by atoms with Gasteiger partial charge in [-0.25, -0.2) is 4.39 Å². The second-order valence-electron chi connectivity index (χ2n) is 8.82. The fraction of sp³-hybridized carbons (Fsp3) is 0.652. The van der Waals surface area contributed by atoms with Gasteiger partial charge in [0.2, 0.25) is 5.91 Å². The number of benzene rings is 1. The largest absolute Gasteiger partial charge is 0.494 e. The highest BCUT2D eigenvalue weighted by Crippen LogP contribution is 2.39. The number of hydrogen-bond acceptors (Lipinski definition) is 4. The third-order valence-electron chi connectivity index (χ3n) is 6.51. The van der Waals surface area contributed by atoms with Gasteiger partial charge < -0.3 is 19.9 Å². The lowest BCUT2D eigenvalue weighted by Gasteiger charge is -2.38. The fourth-order valence-corrected chi connectivity index (χ4v) is 4.76. The zero-order valence-electron chi connectivity index (χ0n) is 19.3. The van der Waals surface area contributed by atoms with Gasteiger partial charge in [0.05, 0.1) is 12.5 Å². The van der Waals surface area contributed by atoms with E-state index >= 15 is 0 Å². The molecule has 1 aliphatic heterocycles. The molecule has 1 aromatic rings. The van der Waals surface area contributed by atoms with Gasteiger partial charge in [-0.05, 0) is 30.5 Å². The Morgan fingerprint density at radius 3 is 2.45 bits per heavy atom. The van der Waals surface area contributed by atoms with E-state index in [1.165, 1.54) is 7.11 Å². The first kappa shape index (κ1) is 23.3. The average Bonchev–Trinajstić information content (AvgIpc) is 3.25. The fourth-order valence-electron chi connectivity index (χ4n) is 4.76. The number of carbonyl (C=O) groups is 1. The van der Waals surface area contributed by atoms with Gasteiger partial charge in [-0.1, -0.05) is 18.9 Å². The van der Waals surface area contributed by atoms with Crippen LogP contribution in [0.4, 0.5) is 4.39 Å². The first-order chi connectivity index (χ1) is 14.9. The molecule has 0 unspecified atom stereocenters. The number of methoxy groups -OCH3 is 1. The van der Waals surface area contributed by atoms with Crippen molar-refractivity contribution >= 4 is 11.9 Å². The lowest BCUT2D eigenvalue weighted by molar-refractivity contribution is -0.138. The number of nitrogens with one attached hydrogen (secondary N) is 1. The lowest BCUT2D eigenvalue weighted by atomic mass is 9.84. The summed E-state index contributed by atoms with van der Waals surface area (Å²) in [6.45, 7) is 4.76. The number of halogens is 1. The van der Waals surface area contributed by atoms with Crippen molar-refractivity contribution in [1.29, 1.82) is 0 Å². The topological polar surface area (TPSA) is 60.4 Å². The Morgan fingerprint density at radius 1 is 1.23 bits per heavy atom. The normalized spacial score (nSPS) is 19.4. The SMILES string of the molecule is CN=C(NCC1(C(=O)N(C)C)CCCC1)N1CCN(Cc2ccc(OC)c(F)c2)CC1. The Kier molecular flexibility index (Phi) is 7.75. The molecule has 7 nitrogen and oxygen atoms in total. The molecule has 1 saturated carbocycles. The zero-order chi connectivity index (χ0) is 22.4. The summed E-state index contributed by atoms with van der Waals surface area (Å²) in [6.07, 6.45) is 4.06. The number of amides is 1. The van der Waals surface area contributed by atoms with E-state index in [2.05, 4.69) is 20.1 Å². The second kappa shape index (κ2) is 10.3. The molecule has 1 N–H and O–H groups in total. The molecular weight excluding hydrogens is 397 g/mol. The Morgan fingerprint density at radius 2 is 1.90 bits per heavy atom. The minimum atomic E-state index is -0.323. The highest BCUT2D eigenvalue weighted by molar-refractivity contribution is 5.85. The quantitative estimate of drug-likeness (QED) is 0.551. The number of guanidine groups is 1. The Balaban J connectivity index is 1.53. The first-order valence-electron chi connectivity index (χ1n) is 11.1. The number of aliphatic imine (C=N–C) groups is 1. The molecule has 1 heterocycles. The lowest BCUT2D eigenvalue weighted by Crippen LogP contribution is -2.54. The summed E-state index contributed by atoms with van der Waals surface area (Å²) in [6, 6.07) is 5.15. The van der Waals surface area contributed by atoms with Crippen LogP contribution in [-0.2, 0) is 11.3 Å². The van der Waals surface area contributed by atoms with E-state index in [-0.39, 0.29) is 22.9 Å². The summed E-state index contributed by atoms with van der Waals surface area (Å²) in [5.74, 6) is 1.02. The number of ether oxygens (including phenoxy) is 1. The Hall–Kier alpha value is -2.35. The number of nitrogens with zero attached hydrogens (tertiary/aromatic N) is 4. The summed E-state index contributed by atoms with van der Waals surface area (Å²) in [5, 5.41) is 3.49. The minimum absolute atomic E-state index is 0.212. The van der Waals surface area contributed by atoms with E-state index in [4.69, 9.17) is 4.74 Å². The summed E-state index contributed by atoms with van der Waals surface area (Å²) in [4.78, 5) is 23.6.